The van der Waals surface area contributed by atoms with Crippen molar-refractivity contribution < 1.29 is 23.2 Å². The van der Waals surface area contributed by atoms with Gasteiger partial charge >= 0.3 is 0 Å². The molecule has 0 spiro atoms. The van der Waals surface area contributed by atoms with Crippen LogP contribution in [0.1, 0.15) is 63.0 Å². The molecule has 158 valence electrons. The third-order valence-electron chi connectivity index (χ3n) is 4.38. The van der Waals surface area contributed by atoms with E-state index in [1.807, 2.05) is 0 Å². The van der Waals surface area contributed by atoms with Gasteiger partial charge in [0.25, 0.3) is 10.1 Å². The summed E-state index contributed by atoms with van der Waals surface area (Å²) in [5, 5.41) is 18.4. The van der Waals surface area contributed by atoms with Gasteiger partial charge in [0, 0.05) is 0 Å². The molecule has 0 radical (unpaired) electrons. The van der Waals surface area contributed by atoms with Crippen molar-refractivity contribution in [3.63, 3.8) is 0 Å². The lowest BCUT2D eigenvalue weighted by Gasteiger charge is -2.24. The number of aliphatic hydroxyl groups excluding tert-OH is 2. The van der Waals surface area contributed by atoms with Crippen LogP contribution in [0.25, 0.3) is 0 Å². The van der Waals surface area contributed by atoms with Crippen molar-refractivity contribution in [3.05, 3.63) is 35.4 Å². The quantitative estimate of drug-likeness (QED) is 0.314. The van der Waals surface area contributed by atoms with E-state index in [1.165, 1.54) is 49.7 Å². The van der Waals surface area contributed by atoms with Gasteiger partial charge in [-0.1, -0.05) is 63.3 Å². The number of benzene rings is 1. The highest BCUT2D eigenvalue weighted by Crippen LogP contribution is 2.14. The molecule has 0 aliphatic rings. The van der Waals surface area contributed by atoms with Crippen molar-refractivity contribution in [1.29, 1.82) is 0 Å². The number of aliphatic hydroxyl groups is 2. The molecule has 0 heterocycles. The maximum Gasteiger partial charge on any atom is 0.261 e. The highest BCUT2D eigenvalue weighted by Gasteiger charge is 2.22. The molecule has 0 fully saturated rings. The minimum absolute atomic E-state index is 0.181. The summed E-state index contributed by atoms with van der Waals surface area (Å²) < 4.78 is 25.9. The fraction of sp³-hybridized carbons (Fsp3) is 0.700. The second-order valence-corrected chi connectivity index (χ2v) is 8.71. The second-order valence-electron chi connectivity index (χ2n) is 7.25. The van der Waals surface area contributed by atoms with Gasteiger partial charge < -0.3 is 15.9 Å². The maximum absolute atomic E-state index is 9.20. The summed E-state index contributed by atoms with van der Waals surface area (Å²) in [6, 6.07) is 8.66. The zero-order valence-corrected chi connectivity index (χ0v) is 17.5. The van der Waals surface area contributed by atoms with Crippen LogP contribution < -0.4 is 5.73 Å². The van der Waals surface area contributed by atoms with Crippen LogP contribution in [0.4, 0.5) is 0 Å². The van der Waals surface area contributed by atoms with Gasteiger partial charge in [-0.15, -0.1) is 0 Å². The minimum atomic E-state index is -3.67. The van der Waals surface area contributed by atoms with Crippen LogP contribution in [-0.4, -0.2) is 48.2 Å². The van der Waals surface area contributed by atoms with E-state index in [0.717, 1.165) is 12.8 Å². The first-order chi connectivity index (χ1) is 12.6. The predicted molar refractivity (Wildman–Crippen MR) is 110 cm³/mol. The lowest BCUT2D eigenvalue weighted by Crippen LogP contribution is -2.47. The van der Waals surface area contributed by atoms with Crippen molar-refractivity contribution >= 4 is 10.1 Å². The molecule has 5 N–H and O–H groups in total. The number of nitrogens with two attached hydrogens (primary N) is 1. The molecular formula is C20H37NO5S. The molecular weight excluding hydrogens is 366 g/mol. The van der Waals surface area contributed by atoms with Gasteiger partial charge in [0.2, 0.25) is 0 Å². The third kappa shape index (κ3) is 15.7. The maximum atomic E-state index is 9.20. The first-order valence-electron chi connectivity index (χ1n) is 9.64. The average Bonchev–Trinajstić information content (AvgIpc) is 2.62. The Balaban J connectivity index is 0.00000119. The van der Waals surface area contributed by atoms with Crippen LogP contribution >= 0.6 is 0 Å². The Labute approximate surface area is 164 Å². The van der Waals surface area contributed by atoms with Gasteiger partial charge in [-0.2, -0.15) is 8.42 Å². The Kier molecular flexibility index (Phi) is 13.6. The molecule has 0 unspecified atom stereocenters. The van der Waals surface area contributed by atoms with Crippen LogP contribution in [0, 0.1) is 0 Å². The largest absolute Gasteiger partial charge is 0.394 e. The molecule has 0 aromatic heterocycles. The van der Waals surface area contributed by atoms with Gasteiger partial charge in [-0.25, -0.2) is 0 Å². The summed E-state index contributed by atoms with van der Waals surface area (Å²) in [6.07, 6.45) is 11.2. The molecule has 1 aromatic rings. The second kappa shape index (κ2) is 14.1. The average molecular weight is 404 g/mol. The van der Waals surface area contributed by atoms with E-state index < -0.39 is 15.7 Å². The Morgan fingerprint density at radius 2 is 1.30 bits per heavy atom. The lowest BCUT2D eigenvalue weighted by atomic mass is 9.93. The number of hydrogen-bond donors (Lipinski definition) is 4. The van der Waals surface area contributed by atoms with E-state index in [9.17, 15) is 18.6 Å². The van der Waals surface area contributed by atoms with Crippen molar-refractivity contribution in [2.45, 2.75) is 70.3 Å². The zero-order chi connectivity index (χ0) is 20.8. The lowest BCUT2D eigenvalue weighted by molar-refractivity contribution is 0.115. The van der Waals surface area contributed by atoms with Crippen LogP contribution in [-0.2, 0) is 23.0 Å². The summed E-state index contributed by atoms with van der Waals surface area (Å²) in [5.41, 5.74) is 7.63. The highest BCUT2D eigenvalue weighted by atomic mass is 32.2. The van der Waals surface area contributed by atoms with Crippen molar-refractivity contribution in [2.75, 3.05) is 19.5 Å². The number of unbranched alkanes of at least 4 members (excludes halogenated alkanes) is 5. The van der Waals surface area contributed by atoms with Crippen LogP contribution in [0.5, 0.6) is 0 Å². The fourth-order valence-corrected chi connectivity index (χ4v) is 2.58. The smallest absolute Gasteiger partial charge is 0.261 e. The van der Waals surface area contributed by atoms with E-state index >= 15 is 0 Å². The van der Waals surface area contributed by atoms with Crippen LogP contribution in [0.15, 0.2) is 24.3 Å². The number of aryl methyl sites for hydroxylation is 2. The van der Waals surface area contributed by atoms with E-state index in [0.29, 0.717) is 12.7 Å². The predicted octanol–water partition coefficient (Wildman–Crippen LogP) is 2.71. The van der Waals surface area contributed by atoms with Crippen LogP contribution in [0.2, 0.25) is 0 Å². The van der Waals surface area contributed by atoms with E-state index in [1.54, 1.807) is 0 Å². The highest BCUT2D eigenvalue weighted by molar-refractivity contribution is 7.85. The summed E-state index contributed by atoms with van der Waals surface area (Å²) >= 11 is 0. The standard InChI is InChI=1S/C19H33NO2.CH4O3S/c1-2-3-4-5-6-7-8-17-9-11-18(12-10-17)13-14-19(20,15-21)16-22;1-5(2,3)4/h9-12,21-22H,2-8,13-16,20H2,1H3;1H3,(H,2,3,4). The molecule has 1 aromatic carbocycles. The zero-order valence-electron chi connectivity index (χ0n) is 16.7. The van der Waals surface area contributed by atoms with Crippen LogP contribution in [0.3, 0.4) is 0 Å². The first kappa shape index (κ1) is 26.0. The molecule has 0 atom stereocenters. The van der Waals surface area contributed by atoms with E-state index in [2.05, 4.69) is 31.2 Å². The van der Waals surface area contributed by atoms with Crippen molar-refractivity contribution in [3.8, 4) is 0 Å². The molecule has 0 aliphatic heterocycles. The Bertz CT molecular complexity index is 575. The Morgan fingerprint density at radius 1 is 0.889 bits per heavy atom. The van der Waals surface area contributed by atoms with Gasteiger partial charge in [-0.05, 0) is 36.8 Å². The topological polar surface area (TPSA) is 121 Å². The minimum Gasteiger partial charge on any atom is -0.394 e. The Hall–Kier alpha value is -0.990. The Morgan fingerprint density at radius 3 is 1.74 bits per heavy atom. The summed E-state index contributed by atoms with van der Waals surface area (Å²) in [4.78, 5) is 0. The molecule has 7 heteroatoms. The van der Waals surface area contributed by atoms with Gasteiger partial charge in [0.1, 0.15) is 0 Å². The van der Waals surface area contributed by atoms with E-state index in [4.69, 9.17) is 10.3 Å². The molecule has 1 rings (SSSR count). The van der Waals surface area contributed by atoms with Crippen molar-refractivity contribution in [2.24, 2.45) is 5.73 Å². The molecule has 0 aliphatic carbocycles. The summed E-state index contributed by atoms with van der Waals surface area (Å²) in [7, 11) is -3.67. The number of hydrogen-bond acceptors (Lipinski definition) is 5. The first-order valence-corrected chi connectivity index (χ1v) is 11.5. The van der Waals surface area contributed by atoms with E-state index in [-0.39, 0.29) is 13.2 Å². The van der Waals surface area contributed by atoms with Gasteiger partial charge in [0.15, 0.2) is 0 Å². The van der Waals surface area contributed by atoms with Gasteiger partial charge in [-0.3, -0.25) is 4.55 Å². The number of rotatable bonds is 12. The molecule has 27 heavy (non-hydrogen) atoms. The SMILES string of the molecule is CCCCCCCCc1ccc(CCC(N)(CO)CO)cc1.CS(=O)(=O)O. The molecule has 0 saturated carbocycles. The third-order valence-corrected chi connectivity index (χ3v) is 4.38. The molecule has 0 saturated heterocycles. The van der Waals surface area contributed by atoms with Crippen molar-refractivity contribution in [1.82, 2.24) is 0 Å². The monoisotopic (exact) mass is 403 g/mol. The molecule has 6 nitrogen and oxygen atoms in total. The fourth-order valence-electron chi connectivity index (χ4n) is 2.58. The molecule has 0 amide bonds. The normalized spacial score (nSPS) is 11.8. The summed E-state index contributed by atoms with van der Waals surface area (Å²) in [6.45, 7) is 1.89. The van der Waals surface area contributed by atoms with Gasteiger partial charge in [0.05, 0.1) is 25.0 Å². The summed E-state index contributed by atoms with van der Waals surface area (Å²) in [5.74, 6) is 0. The molecule has 0 bridgehead atoms.